The lowest BCUT2D eigenvalue weighted by molar-refractivity contribution is -0.171. The van der Waals surface area contributed by atoms with E-state index in [-0.39, 0.29) is 67.3 Å². The summed E-state index contributed by atoms with van der Waals surface area (Å²) in [7, 11) is -4.45. The van der Waals surface area contributed by atoms with Gasteiger partial charge in [-0.15, -0.1) is 5.11 Å². The summed E-state index contributed by atoms with van der Waals surface area (Å²) in [6.07, 6.45) is -5.22. The fraction of sp³-hybridized carbons (Fsp3) is 0.422. The monoisotopic (exact) mass is 1060 g/mol. The number of pyridine rings is 1. The van der Waals surface area contributed by atoms with Crippen molar-refractivity contribution in [3.63, 3.8) is 0 Å². The number of amides is 7. The molecule has 1 saturated heterocycles. The van der Waals surface area contributed by atoms with Crippen molar-refractivity contribution >= 4 is 69.2 Å². The molecule has 1 aromatic heterocycles. The second kappa shape index (κ2) is 27.7. The smallest absolute Gasteiger partial charge is 0.471 e. The molecule has 74 heavy (non-hydrogen) atoms. The molecule has 11 N–H and O–H groups in total. The third-order valence-corrected chi connectivity index (χ3v) is 11.5. The van der Waals surface area contributed by atoms with Gasteiger partial charge in [0.15, 0.2) is 11.8 Å². The van der Waals surface area contributed by atoms with Crippen molar-refractivity contribution in [2.75, 3.05) is 26.2 Å². The van der Waals surface area contributed by atoms with Crippen molar-refractivity contribution in [3.8, 4) is 5.75 Å². The Kier molecular flexibility index (Phi) is 21.9. The Hall–Kier alpha value is -8.08. The Morgan fingerprint density at radius 1 is 0.905 bits per heavy atom. The molecule has 0 unspecified atom stereocenters. The molecule has 1 fully saturated rings. The van der Waals surface area contributed by atoms with Gasteiger partial charge in [-0.25, -0.2) is 4.98 Å². The molecular weight excluding hydrogens is 1010 g/mol. The van der Waals surface area contributed by atoms with Gasteiger partial charge in [-0.2, -0.15) is 26.7 Å². The molecule has 0 aliphatic carbocycles. The number of carbonyl (C=O) groups is 8. The molecular formula is C45H55F3N12O13S. The highest BCUT2D eigenvalue weighted by atomic mass is 32.2. The number of carboxylic acid groups (broad SMARTS) is 1. The maximum absolute atomic E-state index is 13.6. The zero-order chi connectivity index (χ0) is 54.6. The Morgan fingerprint density at radius 3 is 2.27 bits per heavy atom. The first-order valence-electron chi connectivity index (χ1n) is 22.7. The van der Waals surface area contributed by atoms with Crippen LogP contribution < -0.4 is 47.7 Å². The maximum Gasteiger partial charge on any atom is 0.471 e. The summed E-state index contributed by atoms with van der Waals surface area (Å²) < 4.78 is 76.1. The van der Waals surface area contributed by atoms with E-state index < -0.39 is 119 Å². The average molecular weight is 1060 g/mol. The lowest BCUT2D eigenvalue weighted by Gasteiger charge is -2.27. The van der Waals surface area contributed by atoms with Crippen LogP contribution in [0.1, 0.15) is 67.4 Å². The Bertz CT molecular complexity index is 2670. The van der Waals surface area contributed by atoms with Gasteiger partial charge in [0.1, 0.15) is 23.9 Å². The summed E-state index contributed by atoms with van der Waals surface area (Å²) in [4.78, 5) is 110. The lowest BCUT2D eigenvalue weighted by atomic mass is 9.99. The number of benzene rings is 2. The number of nitrogens with one attached hydrogen (secondary N) is 7. The highest BCUT2D eigenvalue weighted by molar-refractivity contribution is 7.85. The van der Waals surface area contributed by atoms with Crippen LogP contribution in [0.25, 0.3) is 0 Å². The van der Waals surface area contributed by atoms with E-state index in [2.05, 4.69) is 52.1 Å². The van der Waals surface area contributed by atoms with Gasteiger partial charge < -0.3 is 47.5 Å². The van der Waals surface area contributed by atoms with E-state index in [1.54, 1.807) is 44.2 Å². The molecule has 0 radical (unpaired) electrons. The fourth-order valence-electron chi connectivity index (χ4n) is 6.86. The Morgan fingerprint density at radius 2 is 1.62 bits per heavy atom. The van der Waals surface area contributed by atoms with Crippen LogP contribution in [0, 0.1) is 5.92 Å². The summed E-state index contributed by atoms with van der Waals surface area (Å²) in [5, 5.41) is 33.8. The molecule has 0 saturated carbocycles. The number of nitrogens with two attached hydrogens (primary N) is 1. The summed E-state index contributed by atoms with van der Waals surface area (Å²) in [5.41, 5.74) is 6.40. The number of rotatable bonds is 19. The number of hydrogen-bond donors (Lipinski definition) is 10. The van der Waals surface area contributed by atoms with E-state index in [0.717, 1.165) is 0 Å². The maximum atomic E-state index is 13.6. The molecule has 25 nitrogen and oxygen atoms in total. The second-order valence-electron chi connectivity index (χ2n) is 16.8. The van der Waals surface area contributed by atoms with Gasteiger partial charge in [0, 0.05) is 31.7 Å². The van der Waals surface area contributed by atoms with E-state index in [4.69, 9.17) is 10.5 Å². The molecule has 0 bridgehead atoms. The Labute approximate surface area is 421 Å². The highest BCUT2D eigenvalue weighted by Crippen LogP contribution is 2.19. The van der Waals surface area contributed by atoms with Crippen LogP contribution in [0.15, 0.2) is 87.0 Å². The van der Waals surface area contributed by atoms with Crippen LogP contribution in [0.3, 0.4) is 0 Å². The number of halogens is 3. The van der Waals surface area contributed by atoms with Crippen molar-refractivity contribution in [1.29, 1.82) is 0 Å². The van der Waals surface area contributed by atoms with Gasteiger partial charge in [-0.05, 0) is 73.1 Å². The number of aliphatic imine (C=N–C) groups is 1. The molecule has 2 aromatic carbocycles. The molecule has 400 valence electrons. The molecule has 0 spiro atoms. The molecule has 4 atom stereocenters. The van der Waals surface area contributed by atoms with Crippen molar-refractivity contribution in [1.82, 2.24) is 42.2 Å². The van der Waals surface area contributed by atoms with Gasteiger partial charge in [0.2, 0.25) is 29.5 Å². The van der Waals surface area contributed by atoms with Gasteiger partial charge in [-0.1, -0.05) is 44.2 Å². The van der Waals surface area contributed by atoms with E-state index >= 15 is 0 Å². The van der Waals surface area contributed by atoms with Crippen molar-refractivity contribution in [3.05, 3.63) is 83.6 Å². The zero-order valence-electron chi connectivity index (χ0n) is 39.8. The zero-order valence-corrected chi connectivity index (χ0v) is 40.6. The topological polar surface area (TPSA) is 381 Å². The standard InChI is InChI=1S/C45H55F3N12O13S/c1-25(2)38-42(68)57-31(8-5-16-51-44(49)59-43(69)45(46,47)48)40(66)53-24-36(62)56-32(21-37(63)64)41(67)55-29(20-35(61)58-38)19-26-10-13-30(14-11-26)73-18-6-17-50-39(65)28-12-15-34(52-22-28)60-54-23-27-7-3-4-9-33(27)74(70,71)72/h3-4,7,9-15,22,25,29,31-32,38H,5-6,8,16-21,23-24H2,1-2H3,(H,50,65)(H,53,66)(H,55,67)(H,56,62)(H,57,68)(H,58,61)(H,63,64)(H,70,71,72)(H3,49,51,59,69)/t29-,31+,32+,38+/m1/s1. The molecule has 7 amide bonds. The largest absolute Gasteiger partial charge is 0.494 e. The van der Waals surface area contributed by atoms with Crippen LogP contribution in [0.4, 0.5) is 19.0 Å². The summed E-state index contributed by atoms with van der Waals surface area (Å²) in [5.74, 6) is -9.54. The Balaban J connectivity index is 1.35. The number of azo groups is 1. The third-order valence-electron chi connectivity index (χ3n) is 10.5. The van der Waals surface area contributed by atoms with Gasteiger partial charge in [0.05, 0.1) is 36.6 Å². The van der Waals surface area contributed by atoms with E-state index in [1.807, 2.05) is 0 Å². The number of alkyl halides is 3. The number of carboxylic acids is 1. The van der Waals surface area contributed by atoms with Gasteiger partial charge in [0.25, 0.3) is 16.0 Å². The van der Waals surface area contributed by atoms with Crippen molar-refractivity contribution < 1.29 is 74.3 Å². The minimum atomic E-state index is -5.23. The van der Waals surface area contributed by atoms with E-state index in [1.165, 1.54) is 41.8 Å². The quantitative estimate of drug-likeness (QED) is 0.0260. The van der Waals surface area contributed by atoms with Gasteiger partial charge >= 0.3 is 18.1 Å². The number of nitrogens with zero attached hydrogens (tertiary/aromatic N) is 4. The minimum Gasteiger partial charge on any atom is -0.494 e. The average Bonchev–Trinajstić information content (AvgIpc) is 3.32. The minimum absolute atomic E-state index is 0.00690. The van der Waals surface area contributed by atoms with Crippen molar-refractivity contribution in [2.24, 2.45) is 26.9 Å². The van der Waals surface area contributed by atoms with Gasteiger partial charge in [-0.3, -0.25) is 53.2 Å². The second-order valence-corrected chi connectivity index (χ2v) is 18.1. The van der Waals surface area contributed by atoms with Crippen LogP contribution in [-0.4, -0.2) is 133 Å². The number of ether oxygens (including phenoxy) is 1. The van der Waals surface area contributed by atoms with Crippen LogP contribution in [0.2, 0.25) is 0 Å². The first-order valence-corrected chi connectivity index (χ1v) is 24.1. The number of aromatic nitrogens is 1. The number of guanidine groups is 1. The number of aliphatic carboxylic acids is 1. The predicted molar refractivity (Wildman–Crippen MR) is 254 cm³/mol. The summed E-state index contributed by atoms with van der Waals surface area (Å²) in [6.45, 7) is 2.35. The summed E-state index contributed by atoms with van der Waals surface area (Å²) in [6, 6.07) is 9.84. The van der Waals surface area contributed by atoms with E-state index in [0.29, 0.717) is 17.7 Å². The molecule has 1 aliphatic rings. The van der Waals surface area contributed by atoms with Crippen LogP contribution >= 0.6 is 0 Å². The first-order chi connectivity index (χ1) is 34.9. The molecule has 4 rings (SSSR count). The first kappa shape index (κ1) is 58.5. The lowest BCUT2D eigenvalue weighted by Crippen LogP contribution is -2.58. The SMILES string of the molecule is CC(C)[C@@H]1NC(=O)C[C@@H](Cc2ccc(OCCCNC(=O)c3ccc(N=NCc4ccccc4S(=O)(=O)O)nc3)cc2)NC(=O)[C@H](CC(=O)O)NC(=O)CNC(=O)[C@H](CCCN=C(N)NC(=O)C(F)(F)F)NC1=O. The molecule has 1 aliphatic heterocycles. The third kappa shape index (κ3) is 19.8. The van der Waals surface area contributed by atoms with Crippen LogP contribution in [-0.2, 0) is 56.6 Å². The molecule has 3 aromatic rings. The number of carbonyl (C=O) groups excluding carboxylic acids is 7. The fourth-order valence-corrected chi connectivity index (χ4v) is 7.58. The highest BCUT2D eigenvalue weighted by Gasteiger charge is 2.39. The molecule has 2 heterocycles. The normalized spacial score (nSPS) is 18.6. The van der Waals surface area contributed by atoms with Crippen molar-refractivity contribution in [2.45, 2.75) is 94.2 Å². The van der Waals surface area contributed by atoms with E-state index in [9.17, 15) is 69.6 Å². The predicted octanol–water partition coefficient (Wildman–Crippen LogP) is 0.717. The molecule has 29 heteroatoms. The summed E-state index contributed by atoms with van der Waals surface area (Å²) >= 11 is 0. The van der Waals surface area contributed by atoms with Crippen LogP contribution in [0.5, 0.6) is 5.75 Å². The number of hydrogen-bond acceptors (Lipinski definition) is 15.